The number of unbranched alkanes of at least 4 members (excludes halogenated alkanes) is 3. The molecule has 0 heterocycles. The number of ether oxygens (including phenoxy) is 1. The lowest BCUT2D eigenvalue weighted by atomic mass is 10.1. The molecule has 0 aromatic heterocycles. The maximum Gasteiger partial charge on any atom is 0.261 e. The van der Waals surface area contributed by atoms with Crippen molar-refractivity contribution in [2.45, 2.75) is 58.9 Å². The average Bonchev–Trinajstić information content (AvgIpc) is 2.79. The molecule has 0 aliphatic heterocycles. The molecule has 3 N–H and O–H groups in total. The fraction of sp³-hybridized carbons (Fsp3) is 0.400. The zero-order valence-electron chi connectivity index (χ0n) is 19.4. The lowest BCUT2D eigenvalue weighted by Gasteiger charge is -2.14. The summed E-state index contributed by atoms with van der Waals surface area (Å²) < 4.78 is 6.62. The molecule has 33 heavy (non-hydrogen) atoms. The number of thiocarbonyl (C=S) groups is 1. The van der Waals surface area contributed by atoms with Crippen molar-refractivity contribution in [2.24, 2.45) is 0 Å². The molecule has 1 atom stereocenters. The minimum absolute atomic E-state index is 0.112. The van der Waals surface area contributed by atoms with Crippen molar-refractivity contribution in [3.63, 3.8) is 0 Å². The van der Waals surface area contributed by atoms with Crippen LogP contribution in [0.1, 0.15) is 73.6 Å². The Morgan fingerprint density at radius 3 is 2.42 bits per heavy atom. The summed E-state index contributed by atoms with van der Waals surface area (Å²) in [5.41, 5.74) is 1.63. The highest BCUT2D eigenvalue weighted by atomic mass is 79.9. The molecule has 2 amide bonds. The molecule has 178 valence electrons. The number of nitrogens with one attached hydrogen (secondary N) is 3. The summed E-state index contributed by atoms with van der Waals surface area (Å²) in [5.74, 6) is 0.0391. The monoisotopic (exact) mass is 533 g/mol. The van der Waals surface area contributed by atoms with E-state index in [-0.39, 0.29) is 23.0 Å². The van der Waals surface area contributed by atoms with Crippen molar-refractivity contribution < 1.29 is 14.3 Å². The van der Waals surface area contributed by atoms with E-state index in [4.69, 9.17) is 17.0 Å². The van der Waals surface area contributed by atoms with Gasteiger partial charge in [-0.25, -0.2) is 0 Å². The van der Waals surface area contributed by atoms with Gasteiger partial charge in [-0.2, -0.15) is 0 Å². The van der Waals surface area contributed by atoms with Gasteiger partial charge in [0.25, 0.3) is 11.8 Å². The number of amides is 2. The second-order valence-corrected chi connectivity index (χ2v) is 9.14. The zero-order valence-corrected chi connectivity index (χ0v) is 21.8. The Hall–Kier alpha value is -2.45. The quantitative estimate of drug-likeness (QED) is 0.241. The molecule has 0 bridgehead atoms. The summed E-state index contributed by atoms with van der Waals surface area (Å²) >= 11 is 8.71. The van der Waals surface area contributed by atoms with Crippen LogP contribution in [-0.4, -0.2) is 29.6 Å². The van der Waals surface area contributed by atoms with Crippen molar-refractivity contribution in [1.29, 1.82) is 0 Å². The summed E-state index contributed by atoms with van der Waals surface area (Å²) in [4.78, 5) is 25.0. The highest BCUT2D eigenvalue weighted by molar-refractivity contribution is 9.10. The van der Waals surface area contributed by atoms with Gasteiger partial charge in [-0.3, -0.25) is 14.9 Å². The maximum absolute atomic E-state index is 12.8. The molecule has 2 aromatic rings. The third kappa shape index (κ3) is 9.14. The molecule has 0 aliphatic carbocycles. The topological polar surface area (TPSA) is 79.5 Å². The van der Waals surface area contributed by atoms with Crippen LogP contribution < -0.4 is 20.7 Å². The predicted molar refractivity (Wildman–Crippen MR) is 141 cm³/mol. The standard InChI is InChI=1S/C25H32BrN3O3S/c1-4-6-7-8-15-32-22-14-11-19(26)16-21(22)24(31)29-25(33)28-20-12-9-18(10-13-20)23(30)27-17(3)5-2/h9-14,16-17H,4-8,15H2,1-3H3,(H,27,30)(H2,28,29,31,33). The Kier molecular flexibility index (Phi) is 11.3. The van der Waals surface area contributed by atoms with Gasteiger partial charge in [0.2, 0.25) is 0 Å². The van der Waals surface area contributed by atoms with E-state index in [9.17, 15) is 9.59 Å². The molecule has 0 spiro atoms. The molecule has 8 heteroatoms. The van der Waals surface area contributed by atoms with Gasteiger partial charge >= 0.3 is 0 Å². The SMILES string of the molecule is CCCCCCOc1ccc(Br)cc1C(=O)NC(=S)Nc1ccc(C(=O)NC(C)CC)cc1. The number of halogens is 1. The summed E-state index contributed by atoms with van der Waals surface area (Å²) in [6, 6.07) is 12.4. The maximum atomic E-state index is 12.8. The van der Waals surface area contributed by atoms with Crippen LogP contribution in [0.3, 0.4) is 0 Å². The normalized spacial score (nSPS) is 11.4. The molecule has 0 saturated carbocycles. The lowest BCUT2D eigenvalue weighted by molar-refractivity contribution is 0.0937. The van der Waals surface area contributed by atoms with E-state index in [0.29, 0.717) is 29.2 Å². The fourth-order valence-corrected chi connectivity index (χ4v) is 3.54. The fourth-order valence-electron chi connectivity index (χ4n) is 2.96. The highest BCUT2D eigenvalue weighted by Crippen LogP contribution is 2.24. The molecular formula is C25H32BrN3O3S. The third-order valence-electron chi connectivity index (χ3n) is 5.06. The van der Waals surface area contributed by atoms with E-state index in [0.717, 1.165) is 30.2 Å². The van der Waals surface area contributed by atoms with Crippen LogP contribution in [0, 0.1) is 0 Å². The Morgan fingerprint density at radius 2 is 1.76 bits per heavy atom. The highest BCUT2D eigenvalue weighted by Gasteiger charge is 2.15. The Balaban J connectivity index is 1.95. The Morgan fingerprint density at radius 1 is 1.03 bits per heavy atom. The van der Waals surface area contributed by atoms with Crippen molar-refractivity contribution in [1.82, 2.24) is 10.6 Å². The second-order valence-electron chi connectivity index (χ2n) is 7.82. The molecule has 1 unspecified atom stereocenters. The summed E-state index contributed by atoms with van der Waals surface area (Å²) in [7, 11) is 0. The molecule has 6 nitrogen and oxygen atoms in total. The first kappa shape index (κ1) is 26.8. The first-order chi connectivity index (χ1) is 15.8. The van der Waals surface area contributed by atoms with Crippen molar-refractivity contribution in [2.75, 3.05) is 11.9 Å². The number of anilines is 1. The van der Waals surface area contributed by atoms with Crippen LogP contribution in [0.4, 0.5) is 5.69 Å². The number of hydrogen-bond acceptors (Lipinski definition) is 4. The van der Waals surface area contributed by atoms with Crippen LogP contribution in [-0.2, 0) is 0 Å². The molecule has 0 saturated heterocycles. The Bertz CT molecular complexity index is 950. The van der Waals surface area contributed by atoms with Crippen LogP contribution >= 0.6 is 28.1 Å². The van der Waals surface area contributed by atoms with E-state index >= 15 is 0 Å². The van der Waals surface area contributed by atoms with E-state index in [1.54, 1.807) is 36.4 Å². The largest absolute Gasteiger partial charge is 0.493 e. The summed E-state index contributed by atoms with van der Waals surface area (Å²) in [6.07, 6.45) is 5.23. The van der Waals surface area contributed by atoms with Gasteiger partial charge in [0.05, 0.1) is 12.2 Å². The van der Waals surface area contributed by atoms with Gasteiger partial charge < -0.3 is 15.4 Å². The predicted octanol–water partition coefficient (Wildman–Crippen LogP) is 6.06. The van der Waals surface area contributed by atoms with Crippen LogP contribution in [0.15, 0.2) is 46.9 Å². The van der Waals surface area contributed by atoms with Crippen LogP contribution in [0.2, 0.25) is 0 Å². The number of carbonyl (C=O) groups excluding carboxylic acids is 2. The average molecular weight is 535 g/mol. The number of benzene rings is 2. The molecular weight excluding hydrogens is 502 g/mol. The van der Waals surface area contributed by atoms with Crippen molar-refractivity contribution in [3.05, 3.63) is 58.1 Å². The van der Waals surface area contributed by atoms with Crippen molar-refractivity contribution >= 4 is 50.8 Å². The van der Waals surface area contributed by atoms with E-state index in [1.165, 1.54) is 6.42 Å². The second kappa shape index (κ2) is 14.0. The molecule has 0 fully saturated rings. The van der Waals surface area contributed by atoms with Gasteiger partial charge in [0.1, 0.15) is 5.75 Å². The minimum Gasteiger partial charge on any atom is -0.493 e. The minimum atomic E-state index is -0.359. The number of rotatable bonds is 11. The van der Waals surface area contributed by atoms with Gasteiger partial charge in [0, 0.05) is 21.8 Å². The smallest absolute Gasteiger partial charge is 0.261 e. The van der Waals surface area contributed by atoms with E-state index < -0.39 is 0 Å². The van der Waals surface area contributed by atoms with Gasteiger partial charge in [-0.05, 0) is 74.4 Å². The lowest BCUT2D eigenvalue weighted by Crippen LogP contribution is -2.34. The first-order valence-electron chi connectivity index (χ1n) is 11.3. The zero-order chi connectivity index (χ0) is 24.2. The number of hydrogen-bond donors (Lipinski definition) is 3. The van der Waals surface area contributed by atoms with Gasteiger partial charge in [-0.15, -0.1) is 0 Å². The van der Waals surface area contributed by atoms with Crippen LogP contribution in [0.5, 0.6) is 5.75 Å². The van der Waals surface area contributed by atoms with Crippen LogP contribution in [0.25, 0.3) is 0 Å². The molecule has 2 rings (SSSR count). The number of carbonyl (C=O) groups is 2. The Labute approximate surface area is 210 Å². The first-order valence-corrected chi connectivity index (χ1v) is 12.5. The molecule has 0 radical (unpaired) electrons. The summed E-state index contributed by atoms with van der Waals surface area (Å²) in [6.45, 7) is 6.70. The van der Waals surface area contributed by atoms with Gasteiger partial charge in [-0.1, -0.05) is 49.0 Å². The molecule has 0 aliphatic rings. The van der Waals surface area contributed by atoms with E-state index in [1.807, 2.05) is 19.9 Å². The summed E-state index contributed by atoms with van der Waals surface area (Å²) in [5, 5.41) is 8.76. The van der Waals surface area contributed by atoms with Crippen molar-refractivity contribution in [3.8, 4) is 5.75 Å². The van der Waals surface area contributed by atoms with Gasteiger partial charge in [0.15, 0.2) is 5.11 Å². The van der Waals surface area contributed by atoms with E-state index in [2.05, 4.69) is 38.8 Å². The third-order valence-corrected chi connectivity index (χ3v) is 5.76. The molecule has 2 aromatic carbocycles.